The molecule has 0 spiro atoms. The van der Waals surface area contributed by atoms with Crippen molar-refractivity contribution >= 4 is 5.84 Å². The van der Waals surface area contributed by atoms with Gasteiger partial charge in [-0.25, -0.2) is 4.39 Å². The minimum atomic E-state index is -0.221. The summed E-state index contributed by atoms with van der Waals surface area (Å²) in [5.74, 6) is -0.00669. The minimum absolute atomic E-state index is 0.214. The first kappa shape index (κ1) is 13.4. The molecule has 1 rings (SSSR count). The zero-order valence-electron chi connectivity index (χ0n) is 9.86. The lowest BCUT2D eigenvalue weighted by atomic mass is 10.1. The molecule has 0 aliphatic rings. The zero-order valence-corrected chi connectivity index (χ0v) is 9.86. The number of nitrogens with one attached hydrogen (secondary N) is 1. The Bertz CT molecular complexity index is 365. The van der Waals surface area contributed by atoms with Crippen LogP contribution in [-0.2, 0) is 6.42 Å². The van der Waals surface area contributed by atoms with Crippen LogP contribution in [0.2, 0.25) is 0 Å². The van der Waals surface area contributed by atoms with Crippen LogP contribution in [0.5, 0.6) is 0 Å². The van der Waals surface area contributed by atoms with Gasteiger partial charge in [0.2, 0.25) is 0 Å². The van der Waals surface area contributed by atoms with Crippen molar-refractivity contribution in [3.63, 3.8) is 0 Å². The van der Waals surface area contributed by atoms with Gasteiger partial charge in [-0.1, -0.05) is 17.3 Å². The standard InChI is InChI=1S/C12H18FN3O/c1-9(15-7-6-12(14)16-17)8-10-2-4-11(13)5-3-10/h2-5,9,15,17H,6-8H2,1H3,(H2,14,16). The Morgan fingerprint density at radius 3 is 2.71 bits per heavy atom. The Kier molecular flexibility index (Phi) is 5.42. The average molecular weight is 239 g/mol. The number of halogens is 1. The van der Waals surface area contributed by atoms with Gasteiger partial charge in [-0.2, -0.15) is 0 Å². The van der Waals surface area contributed by atoms with Gasteiger partial charge in [-0.05, 0) is 31.0 Å². The topological polar surface area (TPSA) is 70.6 Å². The molecule has 0 fully saturated rings. The van der Waals surface area contributed by atoms with Crippen LogP contribution in [0.15, 0.2) is 29.4 Å². The highest BCUT2D eigenvalue weighted by atomic mass is 19.1. The van der Waals surface area contributed by atoms with Crippen molar-refractivity contribution in [1.29, 1.82) is 0 Å². The lowest BCUT2D eigenvalue weighted by Gasteiger charge is -2.13. The molecule has 0 amide bonds. The molecular weight excluding hydrogens is 221 g/mol. The van der Waals surface area contributed by atoms with Crippen molar-refractivity contribution in [2.45, 2.75) is 25.8 Å². The monoisotopic (exact) mass is 239 g/mol. The summed E-state index contributed by atoms with van der Waals surface area (Å²) in [6, 6.07) is 6.72. The summed E-state index contributed by atoms with van der Waals surface area (Å²) in [7, 11) is 0. The Morgan fingerprint density at radius 1 is 1.47 bits per heavy atom. The summed E-state index contributed by atoms with van der Waals surface area (Å²) in [4.78, 5) is 0. The Hall–Kier alpha value is -1.62. The Morgan fingerprint density at radius 2 is 2.12 bits per heavy atom. The first-order valence-corrected chi connectivity index (χ1v) is 5.56. The van der Waals surface area contributed by atoms with Crippen molar-refractivity contribution in [2.24, 2.45) is 10.9 Å². The molecule has 0 bridgehead atoms. The number of nitrogens with two attached hydrogens (primary N) is 1. The van der Waals surface area contributed by atoms with Crippen LogP contribution in [0.3, 0.4) is 0 Å². The quantitative estimate of drug-likeness (QED) is 0.305. The molecule has 1 aromatic rings. The van der Waals surface area contributed by atoms with Gasteiger partial charge < -0.3 is 16.3 Å². The fraction of sp³-hybridized carbons (Fsp3) is 0.417. The van der Waals surface area contributed by atoms with Gasteiger partial charge in [0, 0.05) is 19.0 Å². The molecule has 17 heavy (non-hydrogen) atoms. The van der Waals surface area contributed by atoms with Gasteiger partial charge >= 0.3 is 0 Å². The van der Waals surface area contributed by atoms with E-state index in [1.807, 2.05) is 6.92 Å². The van der Waals surface area contributed by atoms with E-state index in [2.05, 4.69) is 10.5 Å². The molecule has 0 radical (unpaired) electrons. The normalized spacial score (nSPS) is 13.6. The first-order chi connectivity index (χ1) is 8.11. The van der Waals surface area contributed by atoms with Gasteiger partial charge in [0.1, 0.15) is 11.7 Å². The molecule has 1 aromatic carbocycles. The maximum atomic E-state index is 12.7. The summed E-state index contributed by atoms with van der Waals surface area (Å²) in [6.45, 7) is 2.69. The van der Waals surface area contributed by atoms with Crippen LogP contribution in [0.25, 0.3) is 0 Å². The molecule has 4 nitrogen and oxygen atoms in total. The predicted octanol–water partition coefficient (Wildman–Crippen LogP) is 1.48. The Balaban J connectivity index is 2.29. The van der Waals surface area contributed by atoms with E-state index in [1.165, 1.54) is 12.1 Å². The van der Waals surface area contributed by atoms with Crippen molar-refractivity contribution in [3.05, 3.63) is 35.6 Å². The summed E-state index contributed by atoms with van der Waals surface area (Å²) in [5.41, 5.74) is 6.43. The molecule has 0 heterocycles. The van der Waals surface area contributed by atoms with Gasteiger partial charge in [-0.3, -0.25) is 0 Å². The summed E-state index contributed by atoms with van der Waals surface area (Å²) in [6.07, 6.45) is 1.32. The number of oxime groups is 1. The molecule has 4 N–H and O–H groups in total. The number of hydrogen-bond donors (Lipinski definition) is 3. The first-order valence-electron chi connectivity index (χ1n) is 5.56. The van der Waals surface area contributed by atoms with E-state index in [0.717, 1.165) is 12.0 Å². The number of nitrogens with zero attached hydrogens (tertiary/aromatic N) is 1. The summed E-state index contributed by atoms with van der Waals surface area (Å²) in [5, 5.41) is 14.5. The number of hydrogen-bond acceptors (Lipinski definition) is 3. The molecule has 0 saturated carbocycles. The third kappa shape index (κ3) is 5.31. The van der Waals surface area contributed by atoms with Crippen LogP contribution < -0.4 is 11.1 Å². The van der Waals surface area contributed by atoms with Crippen LogP contribution >= 0.6 is 0 Å². The molecule has 94 valence electrons. The number of amidine groups is 1. The SMILES string of the molecule is CC(Cc1ccc(F)cc1)NCCC(N)=NO. The van der Waals surface area contributed by atoms with Crippen LogP contribution in [0, 0.1) is 5.82 Å². The second kappa shape index (κ2) is 6.85. The third-order valence-corrected chi connectivity index (χ3v) is 2.46. The molecule has 0 saturated heterocycles. The predicted molar refractivity (Wildman–Crippen MR) is 65.6 cm³/mol. The van der Waals surface area contributed by atoms with Gasteiger partial charge in [0.15, 0.2) is 0 Å². The van der Waals surface area contributed by atoms with E-state index >= 15 is 0 Å². The maximum absolute atomic E-state index is 12.7. The smallest absolute Gasteiger partial charge is 0.140 e. The van der Waals surface area contributed by atoms with Crippen LogP contribution in [-0.4, -0.2) is 23.6 Å². The molecule has 0 aliphatic heterocycles. The summed E-state index contributed by atoms with van der Waals surface area (Å²) >= 11 is 0. The minimum Gasteiger partial charge on any atom is -0.409 e. The molecule has 1 atom stereocenters. The van der Waals surface area contributed by atoms with Crippen molar-refractivity contribution in [3.8, 4) is 0 Å². The lowest BCUT2D eigenvalue weighted by molar-refractivity contribution is 0.316. The van der Waals surface area contributed by atoms with E-state index in [1.54, 1.807) is 12.1 Å². The maximum Gasteiger partial charge on any atom is 0.140 e. The second-order valence-electron chi connectivity index (χ2n) is 4.03. The van der Waals surface area contributed by atoms with Crippen molar-refractivity contribution in [2.75, 3.05) is 6.54 Å². The van der Waals surface area contributed by atoms with Crippen LogP contribution in [0.4, 0.5) is 4.39 Å². The molecular formula is C12H18FN3O. The average Bonchev–Trinajstić information content (AvgIpc) is 2.32. The van der Waals surface area contributed by atoms with Crippen LogP contribution in [0.1, 0.15) is 18.9 Å². The molecule has 1 unspecified atom stereocenters. The molecule has 0 aromatic heterocycles. The molecule has 5 heteroatoms. The van der Waals surface area contributed by atoms with Gasteiger partial charge in [-0.15, -0.1) is 0 Å². The van der Waals surface area contributed by atoms with E-state index < -0.39 is 0 Å². The van der Waals surface area contributed by atoms with E-state index in [0.29, 0.717) is 13.0 Å². The number of rotatable bonds is 6. The number of benzene rings is 1. The molecule has 0 aliphatic carbocycles. The van der Waals surface area contributed by atoms with E-state index in [4.69, 9.17) is 10.9 Å². The second-order valence-corrected chi connectivity index (χ2v) is 4.03. The van der Waals surface area contributed by atoms with E-state index in [9.17, 15) is 4.39 Å². The fourth-order valence-corrected chi connectivity index (χ4v) is 1.54. The van der Waals surface area contributed by atoms with Gasteiger partial charge in [0.25, 0.3) is 0 Å². The third-order valence-electron chi connectivity index (χ3n) is 2.46. The highest BCUT2D eigenvalue weighted by Crippen LogP contribution is 2.05. The van der Waals surface area contributed by atoms with Crippen molar-refractivity contribution in [1.82, 2.24) is 5.32 Å². The highest BCUT2D eigenvalue weighted by Gasteiger charge is 2.03. The summed E-state index contributed by atoms with van der Waals surface area (Å²) < 4.78 is 12.7. The lowest BCUT2D eigenvalue weighted by Crippen LogP contribution is -2.31. The zero-order chi connectivity index (χ0) is 12.7. The fourth-order valence-electron chi connectivity index (χ4n) is 1.54. The van der Waals surface area contributed by atoms with Gasteiger partial charge in [0.05, 0.1) is 0 Å². The largest absolute Gasteiger partial charge is 0.409 e. The van der Waals surface area contributed by atoms with E-state index in [-0.39, 0.29) is 17.7 Å². The highest BCUT2D eigenvalue weighted by molar-refractivity contribution is 5.79. The van der Waals surface area contributed by atoms with Crippen molar-refractivity contribution < 1.29 is 9.60 Å². The Labute approximate surface area is 100 Å².